The number of rotatable bonds is 0. The summed E-state index contributed by atoms with van der Waals surface area (Å²) in [5, 5.41) is 29.8. The van der Waals surface area contributed by atoms with Gasteiger partial charge < -0.3 is 20.1 Å². The van der Waals surface area contributed by atoms with Gasteiger partial charge in [0, 0.05) is 6.42 Å². The van der Waals surface area contributed by atoms with E-state index in [-0.39, 0.29) is 24.9 Å². The number of carbonyl (C=O) groups excluding carboxylic acids is 1. The molecule has 4 atom stereocenters. The fourth-order valence-electron chi connectivity index (χ4n) is 3.05. The SMILES string of the molecule is CC1CCCCCCCCCCC(O)C(O)C(O)CCC(=O)O1. The monoisotopic (exact) mass is 330 g/mol. The Morgan fingerprint density at radius 1 is 0.783 bits per heavy atom. The van der Waals surface area contributed by atoms with Crippen LogP contribution in [-0.2, 0) is 9.53 Å². The Morgan fingerprint density at radius 3 is 1.87 bits per heavy atom. The van der Waals surface area contributed by atoms with Crippen molar-refractivity contribution in [2.45, 2.75) is 108 Å². The smallest absolute Gasteiger partial charge is 0.306 e. The van der Waals surface area contributed by atoms with E-state index in [1.54, 1.807) is 0 Å². The minimum absolute atomic E-state index is 0.0648. The number of carbonyl (C=O) groups is 1. The van der Waals surface area contributed by atoms with Gasteiger partial charge in [0.15, 0.2) is 0 Å². The highest BCUT2D eigenvalue weighted by atomic mass is 16.5. The van der Waals surface area contributed by atoms with Gasteiger partial charge in [0.25, 0.3) is 0 Å². The molecule has 4 unspecified atom stereocenters. The summed E-state index contributed by atoms with van der Waals surface area (Å²) >= 11 is 0. The molecule has 0 saturated carbocycles. The van der Waals surface area contributed by atoms with Crippen LogP contribution in [0.15, 0.2) is 0 Å². The van der Waals surface area contributed by atoms with Gasteiger partial charge in [0.2, 0.25) is 0 Å². The highest BCUT2D eigenvalue weighted by Crippen LogP contribution is 2.17. The molecule has 23 heavy (non-hydrogen) atoms. The Bertz CT molecular complexity index is 321. The molecule has 0 aliphatic carbocycles. The number of hydrogen-bond acceptors (Lipinski definition) is 5. The molecule has 1 aliphatic rings. The zero-order chi connectivity index (χ0) is 17.1. The Kier molecular flexibility index (Phi) is 10.5. The highest BCUT2D eigenvalue weighted by molar-refractivity contribution is 5.69. The van der Waals surface area contributed by atoms with E-state index in [0.717, 1.165) is 32.1 Å². The minimum Gasteiger partial charge on any atom is -0.463 e. The third kappa shape index (κ3) is 9.28. The van der Waals surface area contributed by atoms with E-state index in [1.807, 2.05) is 6.92 Å². The molecule has 0 spiro atoms. The first kappa shape index (κ1) is 20.4. The van der Waals surface area contributed by atoms with Crippen molar-refractivity contribution < 1.29 is 24.9 Å². The van der Waals surface area contributed by atoms with E-state index in [1.165, 1.54) is 25.7 Å². The summed E-state index contributed by atoms with van der Waals surface area (Å²) in [6.45, 7) is 1.89. The molecule has 0 amide bonds. The summed E-state index contributed by atoms with van der Waals surface area (Å²) in [6, 6.07) is 0. The largest absolute Gasteiger partial charge is 0.463 e. The van der Waals surface area contributed by atoms with Gasteiger partial charge in [-0.2, -0.15) is 0 Å². The average Bonchev–Trinajstić information content (AvgIpc) is 2.52. The van der Waals surface area contributed by atoms with Crippen molar-refractivity contribution in [3.05, 3.63) is 0 Å². The highest BCUT2D eigenvalue weighted by Gasteiger charge is 2.25. The number of esters is 1. The van der Waals surface area contributed by atoms with E-state index in [4.69, 9.17) is 4.74 Å². The molecule has 0 bridgehead atoms. The summed E-state index contributed by atoms with van der Waals surface area (Å²) in [5.41, 5.74) is 0. The molecule has 0 aromatic rings. The Hall–Kier alpha value is -0.650. The zero-order valence-corrected chi connectivity index (χ0v) is 14.5. The molecule has 3 N–H and O–H groups in total. The van der Waals surface area contributed by atoms with Crippen molar-refractivity contribution in [1.29, 1.82) is 0 Å². The van der Waals surface area contributed by atoms with Crippen LogP contribution in [0, 0.1) is 0 Å². The van der Waals surface area contributed by atoms with Gasteiger partial charge in [-0.1, -0.05) is 44.9 Å². The molecule has 5 heteroatoms. The first-order chi connectivity index (χ1) is 11.0. The summed E-state index contributed by atoms with van der Waals surface area (Å²) < 4.78 is 5.31. The zero-order valence-electron chi connectivity index (χ0n) is 14.5. The number of ether oxygens (including phenoxy) is 1. The van der Waals surface area contributed by atoms with Crippen LogP contribution in [-0.4, -0.2) is 45.7 Å². The third-order valence-corrected chi connectivity index (χ3v) is 4.63. The number of aliphatic hydroxyl groups excluding tert-OH is 3. The lowest BCUT2D eigenvalue weighted by Crippen LogP contribution is -2.37. The maximum absolute atomic E-state index is 11.7. The summed E-state index contributed by atoms with van der Waals surface area (Å²) in [7, 11) is 0. The Balaban J connectivity index is 2.46. The van der Waals surface area contributed by atoms with E-state index in [9.17, 15) is 20.1 Å². The molecule has 1 rings (SSSR count). The molecular weight excluding hydrogens is 296 g/mol. The lowest BCUT2D eigenvalue weighted by atomic mass is 9.98. The van der Waals surface area contributed by atoms with E-state index in [2.05, 4.69) is 0 Å². The van der Waals surface area contributed by atoms with Crippen LogP contribution >= 0.6 is 0 Å². The van der Waals surface area contributed by atoms with Crippen LogP contribution in [0.3, 0.4) is 0 Å². The first-order valence-corrected chi connectivity index (χ1v) is 9.24. The predicted molar refractivity (Wildman–Crippen MR) is 89.0 cm³/mol. The number of hydrogen-bond donors (Lipinski definition) is 3. The fourth-order valence-corrected chi connectivity index (χ4v) is 3.05. The van der Waals surface area contributed by atoms with Gasteiger partial charge >= 0.3 is 5.97 Å². The van der Waals surface area contributed by atoms with E-state index < -0.39 is 18.3 Å². The van der Waals surface area contributed by atoms with E-state index >= 15 is 0 Å². The number of cyclic esters (lactones) is 1. The molecule has 0 aromatic heterocycles. The molecule has 0 radical (unpaired) electrons. The van der Waals surface area contributed by atoms with Crippen molar-refractivity contribution in [2.75, 3.05) is 0 Å². The van der Waals surface area contributed by atoms with Crippen LogP contribution in [0.5, 0.6) is 0 Å². The molecule has 1 aliphatic heterocycles. The van der Waals surface area contributed by atoms with Crippen molar-refractivity contribution in [3.63, 3.8) is 0 Å². The standard InChI is InChI=1S/C18H34O5/c1-14-10-8-6-4-2-3-5-7-9-11-15(19)18(22)16(20)12-13-17(21)23-14/h14-16,18-20,22H,2-13H2,1H3. The second-order valence-corrected chi connectivity index (χ2v) is 6.87. The maximum atomic E-state index is 11.7. The van der Waals surface area contributed by atoms with E-state index in [0.29, 0.717) is 6.42 Å². The fraction of sp³-hybridized carbons (Fsp3) is 0.944. The summed E-state index contributed by atoms with van der Waals surface area (Å²) in [6.07, 6.45) is 7.14. The molecule has 5 nitrogen and oxygen atoms in total. The normalized spacial score (nSPS) is 34.2. The average molecular weight is 330 g/mol. The molecule has 0 aromatic carbocycles. The molecule has 1 saturated heterocycles. The second-order valence-electron chi connectivity index (χ2n) is 6.87. The van der Waals surface area contributed by atoms with Crippen molar-refractivity contribution >= 4 is 5.97 Å². The quantitative estimate of drug-likeness (QED) is 0.595. The first-order valence-electron chi connectivity index (χ1n) is 9.24. The lowest BCUT2D eigenvalue weighted by Gasteiger charge is -2.23. The Morgan fingerprint density at radius 2 is 1.26 bits per heavy atom. The van der Waals surface area contributed by atoms with Crippen LogP contribution in [0.4, 0.5) is 0 Å². The van der Waals surface area contributed by atoms with Gasteiger partial charge in [0.1, 0.15) is 6.10 Å². The van der Waals surface area contributed by atoms with Crippen LogP contribution in [0.1, 0.15) is 84.0 Å². The van der Waals surface area contributed by atoms with Gasteiger partial charge in [-0.05, 0) is 32.6 Å². The maximum Gasteiger partial charge on any atom is 0.306 e. The molecular formula is C18H34O5. The van der Waals surface area contributed by atoms with Crippen molar-refractivity contribution in [2.24, 2.45) is 0 Å². The van der Waals surface area contributed by atoms with Crippen LogP contribution in [0.25, 0.3) is 0 Å². The minimum atomic E-state index is -1.20. The lowest BCUT2D eigenvalue weighted by molar-refractivity contribution is -0.150. The predicted octanol–water partition coefficient (Wildman–Crippen LogP) is 2.70. The Labute approximate surface area is 140 Å². The molecule has 1 heterocycles. The summed E-state index contributed by atoms with van der Waals surface area (Å²) in [5.74, 6) is -0.348. The van der Waals surface area contributed by atoms with Crippen LogP contribution < -0.4 is 0 Å². The number of aliphatic hydroxyl groups is 3. The topological polar surface area (TPSA) is 87.0 Å². The molecule has 136 valence electrons. The van der Waals surface area contributed by atoms with Gasteiger partial charge in [-0.3, -0.25) is 4.79 Å². The van der Waals surface area contributed by atoms with Gasteiger partial charge in [-0.15, -0.1) is 0 Å². The van der Waals surface area contributed by atoms with Crippen molar-refractivity contribution in [1.82, 2.24) is 0 Å². The third-order valence-electron chi connectivity index (χ3n) is 4.63. The molecule has 1 fully saturated rings. The van der Waals surface area contributed by atoms with Crippen molar-refractivity contribution in [3.8, 4) is 0 Å². The van der Waals surface area contributed by atoms with Crippen LogP contribution in [0.2, 0.25) is 0 Å². The second kappa shape index (κ2) is 11.8. The summed E-state index contributed by atoms with van der Waals surface area (Å²) in [4.78, 5) is 11.7. The van der Waals surface area contributed by atoms with Gasteiger partial charge in [-0.25, -0.2) is 0 Å². The van der Waals surface area contributed by atoms with Gasteiger partial charge in [0.05, 0.1) is 18.3 Å².